The van der Waals surface area contributed by atoms with Gasteiger partial charge in [-0.15, -0.1) is 0 Å². The van der Waals surface area contributed by atoms with Crippen LogP contribution in [0.1, 0.15) is 29.8 Å². The van der Waals surface area contributed by atoms with Crippen LogP contribution in [0.5, 0.6) is 0 Å². The zero-order chi connectivity index (χ0) is 13.0. The Morgan fingerprint density at radius 2 is 2.06 bits per heavy atom. The van der Waals surface area contributed by atoms with E-state index in [4.69, 9.17) is 9.47 Å². The van der Waals surface area contributed by atoms with E-state index in [-0.39, 0.29) is 18.1 Å². The molecule has 1 N–H and O–H groups in total. The van der Waals surface area contributed by atoms with E-state index >= 15 is 0 Å². The highest BCUT2D eigenvalue weighted by Gasteiger charge is 2.20. The SMILES string of the molecule is CC(C)OCc1ccc(C(=O)NC2COC2)cc1. The first-order chi connectivity index (χ1) is 8.65. The van der Waals surface area contributed by atoms with E-state index < -0.39 is 0 Å². The summed E-state index contributed by atoms with van der Waals surface area (Å²) in [6.45, 7) is 5.82. The molecule has 0 atom stereocenters. The molecule has 1 aromatic carbocycles. The molecule has 1 fully saturated rings. The fourth-order valence-electron chi connectivity index (χ4n) is 1.60. The molecule has 98 valence electrons. The van der Waals surface area contributed by atoms with E-state index in [0.29, 0.717) is 25.4 Å². The van der Waals surface area contributed by atoms with Crippen molar-refractivity contribution in [3.63, 3.8) is 0 Å². The smallest absolute Gasteiger partial charge is 0.251 e. The van der Waals surface area contributed by atoms with Gasteiger partial charge in [0.2, 0.25) is 0 Å². The zero-order valence-corrected chi connectivity index (χ0v) is 10.8. The van der Waals surface area contributed by atoms with Crippen LogP contribution in [0, 0.1) is 0 Å². The van der Waals surface area contributed by atoms with Gasteiger partial charge in [-0.2, -0.15) is 0 Å². The Kier molecular flexibility index (Phi) is 4.33. The lowest BCUT2D eigenvalue weighted by Gasteiger charge is -2.26. The van der Waals surface area contributed by atoms with Crippen molar-refractivity contribution in [2.24, 2.45) is 0 Å². The lowest BCUT2D eigenvalue weighted by molar-refractivity contribution is -0.00346. The third-order valence-corrected chi connectivity index (χ3v) is 2.77. The van der Waals surface area contributed by atoms with Gasteiger partial charge < -0.3 is 14.8 Å². The van der Waals surface area contributed by atoms with Crippen LogP contribution in [0.25, 0.3) is 0 Å². The van der Waals surface area contributed by atoms with E-state index in [1.807, 2.05) is 38.1 Å². The molecule has 1 aromatic rings. The van der Waals surface area contributed by atoms with Gasteiger partial charge in [-0.05, 0) is 31.5 Å². The molecule has 0 aromatic heterocycles. The van der Waals surface area contributed by atoms with Crippen LogP contribution in [0.3, 0.4) is 0 Å². The standard InChI is InChI=1S/C14H19NO3/c1-10(2)18-7-11-3-5-12(6-4-11)14(16)15-13-8-17-9-13/h3-6,10,13H,7-9H2,1-2H3,(H,15,16). The third-order valence-electron chi connectivity index (χ3n) is 2.77. The summed E-state index contributed by atoms with van der Waals surface area (Å²) >= 11 is 0. The van der Waals surface area contributed by atoms with Gasteiger partial charge in [-0.1, -0.05) is 12.1 Å². The average Bonchev–Trinajstić information content (AvgIpc) is 2.31. The van der Waals surface area contributed by atoms with Crippen LogP contribution in [-0.2, 0) is 16.1 Å². The summed E-state index contributed by atoms with van der Waals surface area (Å²) in [5, 5.41) is 2.91. The first kappa shape index (κ1) is 13.1. The lowest BCUT2D eigenvalue weighted by Crippen LogP contribution is -2.48. The van der Waals surface area contributed by atoms with Crippen LogP contribution >= 0.6 is 0 Å². The average molecular weight is 249 g/mol. The molecule has 1 saturated heterocycles. The molecule has 0 bridgehead atoms. The first-order valence-electron chi connectivity index (χ1n) is 6.24. The summed E-state index contributed by atoms with van der Waals surface area (Å²) in [6.07, 6.45) is 0.214. The maximum Gasteiger partial charge on any atom is 0.251 e. The number of hydrogen-bond donors (Lipinski definition) is 1. The molecular weight excluding hydrogens is 230 g/mol. The molecule has 1 aliphatic heterocycles. The molecule has 0 aliphatic carbocycles. The van der Waals surface area contributed by atoms with Gasteiger partial charge in [0.05, 0.1) is 32.0 Å². The summed E-state index contributed by atoms with van der Waals surface area (Å²) in [5.41, 5.74) is 1.75. The molecule has 1 aliphatic rings. The second kappa shape index (κ2) is 5.98. The van der Waals surface area contributed by atoms with Gasteiger partial charge in [0.15, 0.2) is 0 Å². The number of rotatable bonds is 5. The highest BCUT2D eigenvalue weighted by atomic mass is 16.5. The largest absolute Gasteiger partial charge is 0.377 e. The Balaban J connectivity index is 1.87. The maximum atomic E-state index is 11.8. The van der Waals surface area contributed by atoms with Crippen molar-refractivity contribution < 1.29 is 14.3 Å². The minimum absolute atomic E-state index is 0.0420. The molecule has 0 radical (unpaired) electrons. The normalized spacial score (nSPS) is 15.5. The van der Waals surface area contributed by atoms with Crippen LogP contribution < -0.4 is 5.32 Å². The maximum absolute atomic E-state index is 11.8. The molecule has 0 unspecified atom stereocenters. The minimum atomic E-state index is -0.0420. The van der Waals surface area contributed by atoms with Crippen molar-refractivity contribution in [1.29, 1.82) is 0 Å². The predicted molar refractivity (Wildman–Crippen MR) is 68.4 cm³/mol. The van der Waals surface area contributed by atoms with Crippen molar-refractivity contribution >= 4 is 5.91 Å². The Hall–Kier alpha value is -1.39. The quantitative estimate of drug-likeness (QED) is 0.864. The lowest BCUT2D eigenvalue weighted by atomic mass is 10.1. The van der Waals surface area contributed by atoms with Crippen LogP contribution in [-0.4, -0.2) is 31.3 Å². The summed E-state index contributed by atoms with van der Waals surface area (Å²) in [5.74, 6) is -0.0420. The molecule has 0 saturated carbocycles. The molecule has 4 nitrogen and oxygen atoms in total. The molecule has 1 heterocycles. The summed E-state index contributed by atoms with van der Waals surface area (Å²) in [4.78, 5) is 11.8. The highest BCUT2D eigenvalue weighted by molar-refractivity contribution is 5.94. The molecule has 0 spiro atoms. The van der Waals surface area contributed by atoms with Crippen molar-refractivity contribution in [1.82, 2.24) is 5.32 Å². The Labute approximate surface area is 107 Å². The first-order valence-corrected chi connectivity index (χ1v) is 6.24. The van der Waals surface area contributed by atoms with Gasteiger partial charge in [0, 0.05) is 5.56 Å². The molecule has 4 heteroatoms. The van der Waals surface area contributed by atoms with Crippen molar-refractivity contribution in [3.05, 3.63) is 35.4 Å². The minimum Gasteiger partial charge on any atom is -0.377 e. The summed E-state index contributed by atoms with van der Waals surface area (Å²) in [7, 11) is 0. The van der Waals surface area contributed by atoms with Crippen molar-refractivity contribution in [2.75, 3.05) is 13.2 Å². The fraction of sp³-hybridized carbons (Fsp3) is 0.500. The zero-order valence-electron chi connectivity index (χ0n) is 10.8. The Bertz CT molecular complexity index is 396. The van der Waals surface area contributed by atoms with Crippen molar-refractivity contribution in [3.8, 4) is 0 Å². The second-order valence-corrected chi connectivity index (χ2v) is 4.76. The number of hydrogen-bond acceptors (Lipinski definition) is 3. The van der Waals surface area contributed by atoms with E-state index in [9.17, 15) is 4.79 Å². The Morgan fingerprint density at radius 3 is 2.56 bits per heavy atom. The predicted octanol–water partition coefficient (Wildman–Crippen LogP) is 1.74. The fourth-order valence-corrected chi connectivity index (χ4v) is 1.60. The van der Waals surface area contributed by atoms with Crippen molar-refractivity contribution in [2.45, 2.75) is 32.6 Å². The summed E-state index contributed by atoms with van der Waals surface area (Å²) in [6, 6.07) is 7.67. The van der Waals surface area contributed by atoms with Gasteiger partial charge in [-0.3, -0.25) is 4.79 Å². The number of carbonyl (C=O) groups excluding carboxylic acids is 1. The highest BCUT2D eigenvalue weighted by Crippen LogP contribution is 2.08. The van der Waals surface area contributed by atoms with Crippen LogP contribution in [0.15, 0.2) is 24.3 Å². The topological polar surface area (TPSA) is 47.6 Å². The molecule has 18 heavy (non-hydrogen) atoms. The van der Waals surface area contributed by atoms with E-state index in [1.165, 1.54) is 0 Å². The third kappa shape index (κ3) is 3.55. The van der Waals surface area contributed by atoms with Gasteiger partial charge in [-0.25, -0.2) is 0 Å². The van der Waals surface area contributed by atoms with E-state index in [1.54, 1.807) is 0 Å². The Morgan fingerprint density at radius 1 is 1.39 bits per heavy atom. The molecule has 2 rings (SSSR count). The summed E-state index contributed by atoms with van der Waals surface area (Å²) < 4.78 is 10.5. The number of ether oxygens (including phenoxy) is 2. The van der Waals surface area contributed by atoms with E-state index in [2.05, 4.69) is 5.32 Å². The van der Waals surface area contributed by atoms with Crippen LogP contribution in [0.2, 0.25) is 0 Å². The van der Waals surface area contributed by atoms with Gasteiger partial charge in [0.25, 0.3) is 5.91 Å². The molecular formula is C14H19NO3. The number of benzene rings is 1. The molecule has 1 amide bonds. The van der Waals surface area contributed by atoms with Gasteiger partial charge in [0.1, 0.15) is 0 Å². The number of nitrogens with one attached hydrogen (secondary N) is 1. The number of amides is 1. The monoisotopic (exact) mass is 249 g/mol. The number of carbonyl (C=O) groups is 1. The van der Waals surface area contributed by atoms with Gasteiger partial charge >= 0.3 is 0 Å². The van der Waals surface area contributed by atoms with E-state index in [0.717, 1.165) is 5.56 Å². The van der Waals surface area contributed by atoms with Crippen LogP contribution in [0.4, 0.5) is 0 Å². The second-order valence-electron chi connectivity index (χ2n) is 4.76.